The Morgan fingerprint density at radius 3 is 2.72 bits per heavy atom. The van der Waals surface area contributed by atoms with Crippen LogP contribution in [-0.4, -0.2) is 25.4 Å². The first-order valence-corrected chi connectivity index (χ1v) is 5.71. The number of methoxy groups -OCH3 is 1. The van der Waals surface area contributed by atoms with Crippen LogP contribution in [0.1, 0.15) is 30.1 Å². The Morgan fingerprint density at radius 2 is 2.22 bits per heavy atom. The van der Waals surface area contributed by atoms with Gasteiger partial charge in [0.05, 0.1) is 12.7 Å². The highest BCUT2D eigenvalue weighted by molar-refractivity contribution is 5.82. The fourth-order valence-corrected chi connectivity index (χ4v) is 1.53. The molecule has 5 heteroatoms. The van der Waals surface area contributed by atoms with Gasteiger partial charge in [-0.05, 0) is 24.6 Å². The molecule has 1 rings (SSSR count). The van der Waals surface area contributed by atoms with Gasteiger partial charge in [-0.15, -0.1) is 0 Å². The van der Waals surface area contributed by atoms with Crippen molar-refractivity contribution in [1.82, 2.24) is 0 Å². The molecule has 1 atom stereocenters. The number of hydrogen-bond acceptors (Lipinski definition) is 4. The van der Waals surface area contributed by atoms with Crippen LogP contribution in [0.5, 0.6) is 11.5 Å². The summed E-state index contributed by atoms with van der Waals surface area (Å²) in [4.78, 5) is 22.2. The molecule has 18 heavy (non-hydrogen) atoms. The summed E-state index contributed by atoms with van der Waals surface area (Å²) in [6, 6.07) is 4.80. The lowest BCUT2D eigenvalue weighted by Gasteiger charge is -2.16. The number of amides is 1. The van der Waals surface area contributed by atoms with E-state index in [0.29, 0.717) is 29.8 Å². The van der Waals surface area contributed by atoms with Gasteiger partial charge in [0.15, 0.2) is 12.4 Å². The van der Waals surface area contributed by atoms with Gasteiger partial charge in [0.1, 0.15) is 11.5 Å². The summed E-state index contributed by atoms with van der Waals surface area (Å²) in [6.45, 7) is 1.92. The van der Waals surface area contributed by atoms with E-state index in [2.05, 4.69) is 0 Å². The van der Waals surface area contributed by atoms with E-state index in [1.807, 2.05) is 6.92 Å². The SMILES string of the molecule is CCCC(Oc1ccc(OC)cc1C=O)C(N)=O. The van der Waals surface area contributed by atoms with Crippen molar-refractivity contribution in [2.45, 2.75) is 25.9 Å². The van der Waals surface area contributed by atoms with E-state index in [-0.39, 0.29) is 0 Å². The highest BCUT2D eigenvalue weighted by Gasteiger charge is 2.17. The third-order valence-electron chi connectivity index (χ3n) is 2.48. The van der Waals surface area contributed by atoms with Gasteiger partial charge >= 0.3 is 0 Å². The average molecular weight is 251 g/mol. The van der Waals surface area contributed by atoms with Crippen molar-refractivity contribution >= 4 is 12.2 Å². The summed E-state index contributed by atoms with van der Waals surface area (Å²) in [6.07, 6.45) is 1.21. The van der Waals surface area contributed by atoms with Crippen LogP contribution in [0.3, 0.4) is 0 Å². The Hall–Kier alpha value is -2.04. The largest absolute Gasteiger partial charge is 0.497 e. The van der Waals surface area contributed by atoms with Crippen LogP contribution in [0.2, 0.25) is 0 Å². The topological polar surface area (TPSA) is 78.6 Å². The van der Waals surface area contributed by atoms with E-state index in [4.69, 9.17) is 15.2 Å². The molecular formula is C13H17NO4. The van der Waals surface area contributed by atoms with Crippen LogP contribution in [0, 0.1) is 0 Å². The number of hydrogen-bond donors (Lipinski definition) is 1. The number of nitrogens with two attached hydrogens (primary N) is 1. The second-order valence-corrected chi connectivity index (χ2v) is 3.82. The summed E-state index contributed by atoms with van der Waals surface area (Å²) in [5.41, 5.74) is 5.57. The van der Waals surface area contributed by atoms with E-state index >= 15 is 0 Å². The molecular weight excluding hydrogens is 234 g/mol. The zero-order valence-corrected chi connectivity index (χ0v) is 10.5. The molecule has 0 aliphatic rings. The second-order valence-electron chi connectivity index (χ2n) is 3.82. The molecule has 98 valence electrons. The number of benzene rings is 1. The van der Waals surface area contributed by atoms with Crippen molar-refractivity contribution in [3.05, 3.63) is 23.8 Å². The van der Waals surface area contributed by atoms with Gasteiger partial charge in [-0.3, -0.25) is 9.59 Å². The normalized spacial score (nSPS) is 11.7. The molecule has 0 spiro atoms. The first-order valence-electron chi connectivity index (χ1n) is 5.71. The van der Waals surface area contributed by atoms with E-state index in [1.165, 1.54) is 7.11 Å². The van der Waals surface area contributed by atoms with Crippen molar-refractivity contribution in [1.29, 1.82) is 0 Å². The molecule has 1 aromatic rings. The molecule has 0 aromatic heterocycles. The smallest absolute Gasteiger partial charge is 0.258 e. The molecule has 1 unspecified atom stereocenters. The Labute approximate surface area is 106 Å². The highest BCUT2D eigenvalue weighted by atomic mass is 16.5. The fourth-order valence-electron chi connectivity index (χ4n) is 1.53. The second kappa shape index (κ2) is 6.64. The number of carbonyl (C=O) groups excluding carboxylic acids is 2. The van der Waals surface area contributed by atoms with Crippen LogP contribution in [0.25, 0.3) is 0 Å². The number of ether oxygens (including phenoxy) is 2. The molecule has 0 saturated carbocycles. The quantitative estimate of drug-likeness (QED) is 0.745. The first-order chi connectivity index (χ1) is 8.62. The summed E-state index contributed by atoms with van der Waals surface area (Å²) in [7, 11) is 1.51. The molecule has 0 radical (unpaired) electrons. The lowest BCUT2D eigenvalue weighted by molar-refractivity contribution is -0.125. The number of aldehydes is 1. The maximum Gasteiger partial charge on any atom is 0.258 e. The number of carbonyl (C=O) groups is 2. The molecule has 0 bridgehead atoms. The lowest BCUT2D eigenvalue weighted by atomic mass is 10.1. The molecule has 0 aliphatic heterocycles. The highest BCUT2D eigenvalue weighted by Crippen LogP contribution is 2.24. The molecule has 1 amide bonds. The maximum absolute atomic E-state index is 11.2. The van der Waals surface area contributed by atoms with Crippen molar-refractivity contribution in [2.24, 2.45) is 5.73 Å². The molecule has 1 aromatic carbocycles. The predicted octanol–water partition coefficient (Wildman–Crippen LogP) is 1.54. The van der Waals surface area contributed by atoms with E-state index in [1.54, 1.807) is 18.2 Å². The fraction of sp³-hybridized carbons (Fsp3) is 0.385. The zero-order chi connectivity index (χ0) is 13.5. The third-order valence-corrected chi connectivity index (χ3v) is 2.48. The van der Waals surface area contributed by atoms with Crippen molar-refractivity contribution in [3.63, 3.8) is 0 Å². The minimum atomic E-state index is -0.720. The van der Waals surface area contributed by atoms with Gasteiger partial charge in [-0.25, -0.2) is 0 Å². The molecule has 0 aliphatic carbocycles. The average Bonchev–Trinajstić information content (AvgIpc) is 2.38. The Morgan fingerprint density at radius 1 is 1.50 bits per heavy atom. The lowest BCUT2D eigenvalue weighted by Crippen LogP contribution is -2.33. The minimum absolute atomic E-state index is 0.330. The van der Waals surface area contributed by atoms with Crippen LogP contribution in [0.15, 0.2) is 18.2 Å². The minimum Gasteiger partial charge on any atom is -0.497 e. The third kappa shape index (κ3) is 3.48. The Bertz CT molecular complexity index is 431. The van der Waals surface area contributed by atoms with Gasteiger partial charge < -0.3 is 15.2 Å². The van der Waals surface area contributed by atoms with Crippen molar-refractivity contribution in [3.8, 4) is 11.5 Å². The standard InChI is InChI=1S/C13H17NO4/c1-3-4-12(13(14)16)18-11-6-5-10(17-2)7-9(11)8-15/h5-8,12H,3-4H2,1-2H3,(H2,14,16). The Balaban J connectivity index is 2.94. The van der Waals surface area contributed by atoms with E-state index in [9.17, 15) is 9.59 Å². The number of primary amides is 1. The zero-order valence-electron chi connectivity index (χ0n) is 10.5. The van der Waals surface area contributed by atoms with Crippen LogP contribution >= 0.6 is 0 Å². The summed E-state index contributed by atoms with van der Waals surface area (Å²) in [5.74, 6) is 0.350. The van der Waals surface area contributed by atoms with Gasteiger partial charge in [0.2, 0.25) is 0 Å². The Kier molecular flexibility index (Phi) is 5.17. The van der Waals surface area contributed by atoms with Crippen LogP contribution in [0.4, 0.5) is 0 Å². The molecule has 0 fully saturated rings. The molecule has 0 saturated heterocycles. The molecule has 0 heterocycles. The van der Waals surface area contributed by atoms with Crippen molar-refractivity contribution < 1.29 is 19.1 Å². The van der Waals surface area contributed by atoms with E-state index < -0.39 is 12.0 Å². The summed E-state index contributed by atoms with van der Waals surface area (Å²) in [5, 5.41) is 0. The monoisotopic (exact) mass is 251 g/mol. The summed E-state index contributed by atoms with van der Waals surface area (Å²) < 4.78 is 10.5. The van der Waals surface area contributed by atoms with Gasteiger partial charge in [0.25, 0.3) is 5.91 Å². The van der Waals surface area contributed by atoms with Gasteiger partial charge in [-0.1, -0.05) is 13.3 Å². The van der Waals surface area contributed by atoms with Crippen molar-refractivity contribution in [2.75, 3.05) is 7.11 Å². The molecule has 5 nitrogen and oxygen atoms in total. The van der Waals surface area contributed by atoms with Gasteiger partial charge in [-0.2, -0.15) is 0 Å². The maximum atomic E-state index is 11.2. The van der Waals surface area contributed by atoms with Crippen LogP contribution in [-0.2, 0) is 4.79 Å². The number of rotatable bonds is 7. The summed E-state index contributed by atoms with van der Waals surface area (Å²) >= 11 is 0. The van der Waals surface area contributed by atoms with Gasteiger partial charge in [0, 0.05) is 0 Å². The van der Waals surface area contributed by atoms with E-state index in [0.717, 1.165) is 6.42 Å². The predicted molar refractivity (Wildman–Crippen MR) is 66.9 cm³/mol. The first kappa shape index (κ1) is 14.0. The van der Waals surface area contributed by atoms with Crippen LogP contribution < -0.4 is 15.2 Å². The molecule has 2 N–H and O–H groups in total.